The van der Waals surface area contributed by atoms with Gasteiger partial charge in [0.05, 0.1) is 21.8 Å². The van der Waals surface area contributed by atoms with Gasteiger partial charge in [-0.2, -0.15) is 0 Å². The van der Waals surface area contributed by atoms with Crippen LogP contribution in [0.2, 0.25) is 0 Å². The summed E-state index contributed by atoms with van der Waals surface area (Å²) in [6.07, 6.45) is 1.26. The van der Waals surface area contributed by atoms with E-state index in [0.717, 1.165) is 37.3 Å². The minimum Gasteiger partial charge on any atom is -0.399 e. The smallest absolute Gasteiger partial charge is 0.399 e. The topological polar surface area (TPSA) is 59.1 Å². The molecule has 0 radical (unpaired) electrons. The van der Waals surface area contributed by atoms with E-state index in [1.807, 2.05) is 39.8 Å². The van der Waals surface area contributed by atoms with Crippen LogP contribution in [0.5, 0.6) is 0 Å². The first-order valence-corrected chi connectivity index (χ1v) is 10.9. The zero-order valence-corrected chi connectivity index (χ0v) is 17.4. The van der Waals surface area contributed by atoms with E-state index in [1.54, 1.807) is 6.07 Å². The van der Waals surface area contributed by atoms with Crippen molar-refractivity contribution in [3.05, 3.63) is 18.2 Å². The summed E-state index contributed by atoms with van der Waals surface area (Å²) in [7, 11) is -1.86. The second kappa shape index (κ2) is 6.51. The van der Waals surface area contributed by atoms with Crippen molar-refractivity contribution in [3.8, 4) is 0 Å². The minimum atomic E-state index is -3.37. The lowest BCUT2D eigenvalue weighted by Crippen LogP contribution is -2.45. The van der Waals surface area contributed by atoms with Crippen molar-refractivity contribution in [2.24, 2.45) is 0 Å². The molecule has 1 aromatic rings. The number of piperazine rings is 1. The van der Waals surface area contributed by atoms with Crippen molar-refractivity contribution in [2.45, 2.75) is 43.8 Å². The van der Waals surface area contributed by atoms with Crippen molar-refractivity contribution >= 4 is 28.1 Å². The van der Waals surface area contributed by atoms with Crippen molar-refractivity contribution in [3.63, 3.8) is 0 Å². The highest BCUT2D eigenvalue weighted by Crippen LogP contribution is 2.37. The molecular weight excluding hydrogens is 351 g/mol. The Bertz CT molecular complexity index is 770. The standard InChI is InChI=1S/C18H29BN2O4S/c1-17(2)18(3,4)25-19(24-17)14-7-8-15(16(13-14)26(6,22)23)21-11-9-20(5)10-12-21/h7-8,13H,9-12H2,1-6H3. The quantitative estimate of drug-likeness (QED) is 0.734. The van der Waals surface area contributed by atoms with Gasteiger partial charge in [0.15, 0.2) is 9.84 Å². The maximum atomic E-state index is 12.5. The molecule has 2 aliphatic heterocycles. The van der Waals surface area contributed by atoms with Crippen molar-refractivity contribution in [1.29, 1.82) is 0 Å². The average molecular weight is 380 g/mol. The first-order valence-electron chi connectivity index (χ1n) is 9.04. The average Bonchev–Trinajstić information content (AvgIpc) is 2.75. The molecule has 0 aromatic heterocycles. The minimum absolute atomic E-state index is 0.342. The van der Waals surface area contributed by atoms with Gasteiger partial charge in [0.25, 0.3) is 0 Å². The van der Waals surface area contributed by atoms with Gasteiger partial charge >= 0.3 is 7.12 Å². The molecular formula is C18H29BN2O4S. The zero-order chi connectivity index (χ0) is 19.3. The van der Waals surface area contributed by atoms with Crippen LogP contribution >= 0.6 is 0 Å². The monoisotopic (exact) mass is 380 g/mol. The summed E-state index contributed by atoms with van der Waals surface area (Å²) < 4.78 is 37.1. The fourth-order valence-electron chi connectivity index (χ4n) is 3.26. The third-order valence-electron chi connectivity index (χ3n) is 5.75. The number of nitrogens with zero attached hydrogens (tertiary/aromatic N) is 2. The molecule has 26 heavy (non-hydrogen) atoms. The molecule has 2 fully saturated rings. The Morgan fingerprint density at radius 2 is 1.54 bits per heavy atom. The Balaban J connectivity index is 1.96. The van der Waals surface area contributed by atoms with E-state index in [1.165, 1.54) is 6.26 Å². The summed E-state index contributed by atoms with van der Waals surface area (Å²) in [6.45, 7) is 11.4. The number of hydrogen-bond donors (Lipinski definition) is 0. The van der Waals surface area contributed by atoms with Gasteiger partial charge in [-0.3, -0.25) is 0 Å². The van der Waals surface area contributed by atoms with Crippen LogP contribution in [-0.4, -0.2) is 71.1 Å². The highest BCUT2D eigenvalue weighted by molar-refractivity contribution is 7.90. The molecule has 0 spiro atoms. The summed E-state index contributed by atoms with van der Waals surface area (Å²) in [5, 5.41) is 0. The van der Waals surface area contributed by atoms with Gasteiger partial charge in [-0.15, -0.1) is 0 Å². The summed E-state index contributed by atoms with van der Waals surface area (Å²) in [4.78, 5) is 4.73. The van der Waals surface area contributed by atoms with E-state index < -0.39 is 28.2 Å². The summed E-state index contributed by atoms with van der Waals surface area (Å²) >= 11 is 0. The van der Waals surface area contributed by atoms with Crippen LogP contribution in [0.25, 0.3) is 0 Å². The van der Waals surface area contributed by atoms with E-state index in [4.69, 9.17) is 9.31 Å². The maximum absolute atomic E-state index is 12.5. The molecule has 2 heterocycles. The second-order valence-corrected chi connectivity index (χ2v) is 10.4. The second-order valence-electron chi connectivity index (χ2n) is 8.38. The number of rotatable bonds is 3. The summed E-state index contributed by atoms with van der Waals surface area (Å²) in [5.74, 6) is 0. The van der Waals surface area contributed by atoms with Crippen molar-refractivity contribution < 1.29 is 17.7 Å². The van der Waals surface area contributed by atoms with Gasteiger partial charge in [-0.1, -0.05) is 6.07 Å². The molecule has 1 aromatic carbocycles. The molecule has 6 nitrogen and oxygen atoms in total. The van der Waals surface area contributed by atoms with E-state index in [2.05, 4.69) is 16.8 Å². The Kier molecular flexibility index (Phi) is 4.93. The number of benzene rings is 1. The predicted molar refractivity (Wildman–Crippen MR) is 105 cm³/mol. The molecule has 0 saturated carbocycles. The van der Waals surface area contributed by atoms with Gasteiger partial charge in [0.2, 0.25) is 0 Å². The van der Waals surface area contributed by atoms with Crippen LogP contribution in [0.1, 0.15) is 27.7 Å². The van der Waals surface area contributed by atoms with Gasteiger partial charge in [-0.25, -0.2) is 8.42 Å². The molecule has 8 heteroatoms. The largest absolute Gasteiger partial charge is 0.494 e. The lowest BCUT2D eigenvalue weighted by Gasteiger charge is -2.35. The van der Waals surface area contributed by atoms with Gasteiger partial charge in [0.1, 0.15) is 0 Å². The lowest BCUT2D eigenvalue weighted by molar-refractivity contribution is 0.00578. The van der Waals surface area contributed by atoms with Crippen LogP contribution in [0, 0.1) is 0 Å². The molecule has 3 rings (SSSR count). The van der Waals surface area contributed by atoms with Crippen LogP contribution in [0.4, 0.5) is 5.69 Å². The Labute approximate surface area is 157 Å². The van der Waals surface area contributed by atoms with Gasteiger partial charge in [-0.05, 0) is 52.3 Å². The number of sulfone groups is 1. The fourth-order valence-corrected chi connectivity index (χ4v) is 4.19. The van der Waals surface area contributed by atoms with Crippen LogP contribution in [0.3, 0.4) is 0 Å². The molecule has 2 saturated heterocycles. The fraction of sp³-hybridized carbons (Fsp3) is 0.667. The normalized spacial score (nSPS) is 23.5. The van der Waals surface area contributed by atoms with Crippen molar-refractivity contribution in [2.75, 3.05) is 44.4 Å². The zero-order valence-electron chi connectivity index (χ0n) is 16.6. The SMILES string of the molecule is CN1CCN(c2ccc(B3OC(C)(C)C(C)(C)O3)cc2S(C)(=O)=O)CC1. The number of anilines is 1. The Morgan fingerprint density at radius 1 is 1.00 bits per heavy atom. The van der Waals surface area contributed by atoms with Crippen LogP contribution in [0.15, 0.2) is 23.1 Å². The van der Waals surface area contributed by atoms with E-state index in [-0.39, 0.29) is 0 Å². The summed E-state index contributed by atoms with van der Waals surface area (Å²) in [6, 6.07) is 5.53. The third kappa shape index (κ3) is 3.65. The van der Waals surface area contributed by atoms with Crippen LogP contribution < -0.4 is 10.4 Å². The predicted octanol–water partition coefficient (Wildman–Crippen LogP) is 1.14. The van der Waals surface area contributed by atoms with Crippen molar-refractivity contribution in [1.82, 2.24) is 4.90 Å². The number of likely N-dealkylation sites (N-methyl/N-ethyl adjacent to an activating group) is 1. The molecule has 0 amide bonds. The molecule has 0 atom stereocenters. The molecule has 0 aliphatic carbocycles. The molecule has 144 valence electrons. The van der Waals surface area contributed by atoms with Gasteiger partial charge < -0.3 is 19.1 Å². The van der Waals surface area contributed by atoms with Crippen LogP contribution in [-0.2, 0) is 19.1 Å². The van der Waals surface area contributed by atoms with E-state index >= 15 is 0 Å². The lowest BCUT2D eigenvalue weighted by atomic mass is 9.79. The van der Waals surface area contributed by atoms with E-state index in [0.29, 0.717) is 4.90 Å². The summed E-state index contributed by atoms with van der Waals surface area (Å²) in [5.41, 5.74) is 0.584. The Hall–Kier alpha value is -1.09. The molecule has 0 N–H and O–H groups in total. The Morgan fingerprint density at radius 3 is 2.04 bits per heavy atom. The molecule has 0 bridgehead atoms. The molecule has 0 unspecified atom stereocenters. The third-order valence-corrected chi connectivity index (χ3v) is 6.88. The first-order chi connectivity index (χ1) is 11.9. The van der Waals surface area contributed by atoms with Gasteiger partial charge in [0, 0.05) is 32.4 Å². The molecule has 2 aliphatic rings. The maximum Gasteiger partial charge on any atom is 0.494 e. The van der Waals surface area contributed by atoms with E-state index in [9.17, 15) is 8.42 Å². The number of hydrogen-bond acceptors (Lipinski definition) is 6. The highest BCUT2D eigenvalue weighted by Gasteiger charge is 2.51. The first kappa shape index (κ1) is 19.7. The highest BCUT2D eigenvalue weighted by atomic mass is 32.2.